The van der Waals surface area contributed by atoms with Crippen LogP contribution in [0.1, 0.15) is 53.6 Å². The number of aryl methyl sites for hydroxylation is 1. The molecule has 37 heavy (non-hydrogen) atoms. The van der Waals surface area contributed by atoms with Crippen LogP contribution in [0, 0.1) is 0 Å². The Kier molecular flexibility index (Phi) is 10.7. The maximum absolute atomic E-state index is 12.7. The van der Waals surface area contributed by atoms with Crippen molar-refractivity contribution in [2.24, 2.45) is 0 Å². The second-order valence-electron chi connectivity index (χ2n) is 8.42. The van der Waals surface area contributed by atoms with E-state index in [-0.39, 0.29) is 47.0 Å². The van der Waals surface area contributed by atoms with Crippen LogP contribution in [0.5, 0.6) is 23.0 Å². The Morgan fingerprint density at radius 3 is 2.51 bits per heavy atom. The number of ketones is 1. The summed E-state index contributed by atoms with van der Waals surface area (Å²) in [5, 5.41) is 12.3. The van der Waals surface area contributed by atoms with E-state index in [1.54, 1.807) is 42.5 Å². The predicted molar refractivity (Wildman–Crippen MR) is 136 cm³/mol. The van der Waals surface area contributed by atoms with Gasteiger partial charge in [-0.2, -0.15) is 0 Å². The summed E-state index contributed by atoms with van der Waals surface area (Å²) in [5.41, 5.74) is 2.08. The minimum absolute atomic E-state index is 0. The van der Waals surface area contributed by atoms with Crippen molar-refractivity contribution in [3.63, 3.8) is 0 Å². The molecule has 1 atom stereocenters. The summed E-state index contributed by atoms with van der Waals surface area (Å²) in [4.78, 5) is 24.1. The fraction of sp³-hybridized carbons (Fsp3) is 0.286. The third kappa shape index (κ3) is 7.43. The van der Waals surface area contributed by atoms with Crippen molar-refractivity contribution in [1.82, 2.24) is 0 Å². The van der Waals surface area contributed by atoms with Gasteiger partial charge in [0.15, 0.2) is 5.78 Å². The number of ether oxygens (including phenoxy) is 3. The molecule has 0 N–H and O–H groups in total. The number of hydrogen-bond donors (Lipinski definition) is 0. The fourth-order valence-corrected chi connectivity index (χ4v) is 4.53. The van der Waals surface area contributed by atoms with E-state index in [1.807, 2.05) is 19.1 Å². The van der Waals surface area contributed by atoms with E-state index in [1.165, 1.54) is 0 Å². The Morgan fingerprint density at radius 2 is 1.81 bits per heavy atom. The number of hydrogen-bond acceptors (Lipinski definition) is 6. The van der Waals surface area contributed by atoms with Crippen LogP contribution >= 0.6 is 23.2 Å². The second kappa shape index (κ2) is 13.5. The van der Waals surface area contributed by atoms with Gasteiger partial charge < -0.3 is 24.1 Å². The maximum Gasteiger partial charge on any atom is 1.00 e. The molecular weight excluding hydrogens is 526 g/mol. The molecule has 1 aliphatic rings. The SMILES string of the molecule is CCOc1cc(Cl)ccc1CCCC(=O)c1ccc(Oc2cc3c(cc2Cl)C(C(=O)[O-])CCO3)cc1.[Na+]. The number of rotatable bonds is 10. The van der Waals surface area contributed by atoms with Gasteiger partial charge in [0.25, 0.3) is 0 Å². The minimum Gasteiger partial charge on any atom is -0.549 e. The smallest absolute Gasteiger partial charge is 0.549 e. The van der Waals surface area contributed by atoms with E-state index >= 15 is 0 Å². The van der Waals surface area contributed by atoms with Crippen molar-refractivity contribution in [2.75, 3.05) is 13.2 Å². The van der Waals surface area contributed by atoms with Gasteiger partial charge in [-0.05, 0) is 74.2 Å². The zero-order valence-corrected chi connectivity index (χ0v) is 24.2. The Bertz CT molecular complexity index is 1260. The first-order valence-electron chi connectivity index (χ1n) is 11.7. The van der Waals surface area contributed by atoms with Crippen LogP contribution in [0.2, 0.25) is 10.0 Å². The third-order valence-electron chi connectivity index (χ3n) is 5.97. The van der Waals surface area contributed by atoms with Crippen molar-refractivity contribution in [3.8, 4) is 23.0 Å². The standard InChI is InChI=1S/C28H26Cl2O6.Na/c1-2-34-25-14-19(29)9-6-18(25)4-3-5-24(31)17-7-10-20(11-8-17)36-27-16-26-22(15-23(27)30)21(28(32)33)12-13-35-26;/h6-11,14-16,21H,2-5,12-13H2,1H3,(H,32,33);/q;+1/p-1. The van der Waals surface area contributed by atoms with Crippen LogP contribution in [0.4, 0.5) is 0 Å². The summed E-state index contributed by atoms with van der Waals surface area (Å²) < 4.78 is 17.1. The maximum atomic E-state index is 12.7. The summed E-state index contributed by atoms with van der Waals surface area (Å²) in [6, 6.07) is 15.5. The number of aliphatic carboxylic acids is 1. The molecule has 0 saturated heterocycles. The predicted octanol–water partition coefficient (Wildman–Crippen LogP) is 3.01. The van der Waals surface area contributed by atoms with Gasteiger partial charge in [0, 0.05) is 40.5 Å². The molecule has 0 bridgehead atoms. The van der Waals surface area contributed by atoms with Crippen LogP contribution < -0.4 is 48.9 Å². The number of fused-ring (bicyclic) bond motifs is 1. The number of Topliss-reactive ketones (excluding diaryl/α,β-unsaturated/α-hetero) is 1. The molecule has 1 heterocycles. The number of benzene rings is 3. The van der Waals surface area contributed by atoms with Crippen LogP contribution in [-0.2, 0) is 11.2 Å². The van der Waals surface area contributed by atoms with Gasteiger partial charge in [0.1, 0.15) is 23.0 Å². The molecule has 4 rings (SSSR count). The molecule has 0 aromatic heterocycles. The molecule has 0 radical (unpaired) electrons. The largest absolute Gasteiger partial charge is 1.00 e. The van der Waals surface area contributed by atoms with Crippen LogP contribution in [-0.4, -0.2) is 25.0 Å². The van der Waals surface area contributed by atoms with E-state index in [0.717, 1.165) is 11.3 Å². The van der Waals surface area contributed by atoms with Crippen molar-refractivity contribution < 1.29 is 58.5 Å². The van der Waals surface area contributed by atoms with E-state index < -0.39 is 11.9 Å². The molecule has 0 saturated carbocycles. The monoisotopic (exact) mass is 550 g/mol. The average Bonchev–Trinajstić information content (AvgIpc) is 2.86. The zero-order chi connectivity index (χ0) is 25.7. The summed E-state index contributed by atoms with van der Waals surface area (Å²) in [7, 11) is 0. The molecule has 3 aromatic rings. The van der Waals surface area contributed by atoms with Crippen molar-refractivity contribution in [2.45, 2.75) is 38.5 Å². The Morgan fingerprint density at radius 1 is 1.05 bits per heavy atom. The van der Waals surface area contributed by atoms with Crippen molar-refractivity contribution in [1.29, 1.82) is 0 Å². The molecule has 1 aliphatic heterocycles. The van der Waals surface area contributed by atoms with E-state index in [4.69, 9.17) is 37.4 Å². The summed E-state index contributed by atoms with van der Waals surface area (Å²) >= 11 is 12.4. The molecule has 0 amide bonds. The van der Waals surface area contributed by atoms with Gasteiger partial charge in [-0.3, -0.25) is 4.79 Å². The van der Waals surface area contributed by atoms with Gasteiger partial charge in [0.05, 0.1) is 18.2 Å². The van der Waals surface area contributed by atoms with Crippen molar-refractivity contribution >= 4 is 35.0 Å². The van der Waals surface area contributed by atoms with Gasteiger partial charge in [-0.15, -0.1) is 0 Å². The van der Waals surface area contributed by atoms with Gasteiger partial charge in [-0.25, -0.2) is 0 Å². The second-order valence-corrected chi connectivity index (χ2v) is 9.26. The van der Waals surface area contributed by atoms with Crippen LogP contribution in [0.15, 0.2) is 54.6 Å². The first-order valence-corrected chi connectivity index (χ1v) is 12.5. The first-order chi connectivity index (χ1) is 17.4. The van der Waals surface area contributed by atoms with Gasteiger partial charge in [0.2, 0.25) is 0 Å². The molecule has 0 fully saturated rings. The van der Waals surface area contributed by atoms with E-state index in [2.05, 4.69) is 0 Å². The zero-order valence-electron chi connectivity index (χ0n) is 20.7. The molecule has 3 aromatic carbocycles. The summed E-state index contributed by atoms with van der Waals surface area (Å²) in [6.45, 7) is 2.74. The average molecular weight is 551 g/mol. The first kappa shape index (κ1) is 29.3. The van der Waals surface area contributed by atoms with Crippen LogP contribution in [0.3, 0.4) is 0 Å². The Balaban J connectivity index is 0.00000380. The molecule has 0 aliphatic carbocycles. The Labute approximate surface area is 248 Å². The molecular formula is C28H25Cl2NaO6. The minimum atomic E-state index is -1.16. The molecule has 188 valence electrons. The van der Waals surface area contributed by atoms with Gasteiger partial charge >= 0.3 is 29.6 Å². The summed E-state index contributed by atoms with van der Waals surface area (Å²) in [6.07, 6.45) is 2.10. The normalized spacial score (nSPS) is 14.1. The number of carboxylic acid groups (broad SMARTS) is 1. The third-order valence-corrected chi connectivity index (χ3v) is 6.50. The van der Waals surface area contributed by atoms with Crippen LogP contribution in [0.25, 0.3) is 0 Å². The van der Waals surface area contributed by atoms with E-state index in [0.29, 0.717) is 65.7 Å². The van der Waals surface area contributed by atoms with Crippen molar-refractivity contribution in [3.05, 3.63) is 81.3 Å². The fourth-order valence-electron chi connectivity index (χ4n) is 4.16. The van der Waals surface area contributed by atoms with E-state index in [9.17, 15) is 14.7 Å². The Hall–Kier alpha value is -2.22. The summed E-state index contributed by atoms with van der Waals surface area (Å²) in [5.74, 6) is 0.0883. The molecule has 1 unspecified atom stereocenters. The van der Waals surface area contributed by atoms with Gasteiger partial charge in [-0.1, -0.05) is 29.3 Å². The number of carbonyl (C=O) groups is 2. The molecule has 9 heteroatoms. The number of carbonyl (C=O) groups excluding carboxylic acids is 2. The molecule has 0 spiro atoms. The molecule has 6 nitrogen and oxygen atoms in total. The quantitative estimate of drug-likeness (QED) is 0.285. The number of halogens is 2. The topological polar surface area (TPSA) is 84.9 Å². The number of carboxylic acids is 1.